The first-order valence-corrected chi connectivity index (χ1v) is 5.91. The first-order chi connectivity index (χ1) is 9.25. The van der Waals surface area contributed by atoms with Gasteiger partial charge in [-0.15, -0.1) is 0 Å². The van der Waals surface area contributed by atoms with Gasteiger partial charge in [0.25, 0.3) is 0 Å². The molecule has 0 bridgehead atoms. The Balaban J connectivity index is 2.15. The standard InChI is InChI=1S/C16H10FNO/c17-13-7-3-4-8-15(13)18-14-9-10-16(19)12-6-2-1-5-11(12)14/h1-10H. The number of carbonyl (C=O) groups excluding carboxylic acids is 1. The number of fused-ring (bicyclic) bond motifs is 1. The summed E-state index contributed by atoms with van der Waals surface area (Å²) in [5.41, 5.74) is 2.20. The third kappa shape index (κ3) is 2.10. The number of aliphatic imine (C=N–C) groups is 1. The molecule has 0 saturated carbocycles. The highest BCUT2D eigenvalue weighted by Gasteiger charge is 2.16. The molecule has 1 aliphatic carbocycles. The quantitative estimate of drug-likeness (QED) is 0.759. The lowest BCUT2D eigenvalue weighted by atomic mass is 9.94. The molecule has 0 amide bonds. The van der Waals surface area contributed by atoms with E-state index in [0.29, 0.717) is 11.3 Å². The molecular formula is C16H10FNO. The van der Waals surface area contributed by atoms with Crippen molar-refractivity contribution in [2.45, 2.75) is 0 Å². The topological polar surface area (TPSA) is 29.4 Å². The molecule has 19 heavy (non-hydrogen) atoms. The van der Waals surface area contributed by atoms with Gasteiger partial charge in [0.05, 0.1) is 11.4 Å². The highest BCUT2D eigenvalue weighted by Crippen LogP contribution is 2.22. The van der Waals surface area contributed by atoms with Gasteiger partial charge >= 0.3 is 0 Å². The maximum absolute atomic E-state index is 13.6. The van der Waals surface area contributed by atoms with E-state index in [0.717, 1.165) is 5.56 Å². The van der Waals surface area contributed by atoms with Crippen LogP contribution in [-0.4, -0.2) is 11.5 Å². The molecule has 0 spiro atoms. The van der Waals surface area contributed by atoms with Crippen molar-refractivity contribution in [2.24, 2.45) is 4.99 Å². The number of halogens is 1. The maximum Gasteiger partial charge on any atom is 0.186 e. The Morgan fingerprint density at radius 1 is 0.842 bits per heavy atom. The van der Waals surface area contributed by atoms with E-state index in [4.69, 9.17) is 0 Å². The molecule has 3 heteroatoms. The van der Waals surface area contributed by atoms with E-state index in [1.54, 1.807) is 36.4 Å². The van der Waals surface area contributed by atoms with Gasteiger partial charge in [-0.3, -0.25) is 4.79 Å². The highest BCUT2D eigenvalue weighted by molar-refractivity contribution is 6.24. The number of hydrogen-bond acceptors (Lipinski definition) is 2. The van der Waals surface area contributed by atoms with E-state index >= 15 is 0 Å². The molecule has 0 fully saturated rings. The molecule has 0 heterocycles. The molecule has 1 aliphatic rings. The van der Waals surface area contributed by atoms with Crippen molar-refractivity contribution in [1.82, 2.24) is 0 Å². The van der Waals surface area contributed by atoms with Gasteiger partial charge in [0.15, 0.2) is 5.78 Å². The average molecular weight is 251 g/mol. The molecule has 3 rings (SSSR count). The van der Waals surface area contributed by atoms with Crippen molar-refractivity contribution >= 4 is 17.2 Å². The van der Waals surface area contributed by atoms with Crippen LogP contribution in [0.2, 0.25) is 0 Å². The molecule has 0 unspecified atom stereocenters. The Labute approximate surface area is 109 Å². The summed E-state index contributed by atoms with van der Waals surface area (Å²) in [6.07, 6.45) is 3.08. The number of hydrogen-bond donors (Lipinski definition) is 0. The first-order valence-electron chi connectivity index (χ1n) is 5.91. The summed E-state index contributed by atoms with van der Waals surface area (Å²) in [5.74, 6) is -0.430. The Bertz CT molecular complexity index is 716. The van der Waals surface area contributed by atoms with E-state index in [1.165, 1.54) is 12.1 Å². The summed E-state index contributed by atoms with van der Waals surface area (Å²) >= 11 is 0. The molecule has 0 aromatic heterocycles. The number of allylic oxidation sites excluding steroid dienone is 2. The predicted molar refractivity (Wildman–Crippen MR) is 72.5 cm³/mol. The molecule has 0 aliphatic heterocycles. The Hall–Kier alpha value is -2.55. The largest absolute Gasteiger partial charge is 0.289 e. The molecule has 2 aromatic rings. The van der Waals surface area contributed by atoms with Gasteiger partial charge in [-0.1, -0.05) is 36.4 Å². The van der Waals surface area contributed by atoms with E-state index in [9.17, 15) is 9.18 Å². The second-order valence-electron chi connectivity index (χ2n) is 4.19. The van der Waals surface area contributed by atoms with Crippen LogP contribution in [0.4, 0.5) is 10.1 Å². The lowest BCUT2D eigenvalue weighted by Gasteiger charge is -2.11. The third-order valence-corrected chi connectivity index (χ3v) is 2.95. The highest BCUT2D eigenvalue weighted by atomic mass is 19.1. The van der Waals surface area contributed by atoms with Crippen LogP contribution in [0.3, 0.4) is 0 Å². The fraction of sp³-hybridized carbons (Fsp3) is 0. The second-order valence-corrected chi connectivity index (χ2v) is 4.19. The minimum Gasteiger partial charge on any atom is -0.289 e. The average Bonchev–Trinajstić information content (AvgIpc) is 2.44. The van der Waals surface area contributed by atoms with Crippen molar-refractivity contribution in [3.05, 3.63) is 77.6 Å². The van der Waals surface area contributed by atoms with Crippen LogP contribution in [0.1, 0.15) is 15.9 Å². The number of rotatable bonds is 1. The van der Waals surface area contributed by atoms with Gasteiger partial charge < -0.3 is 0 Å². The van der Waals surface area contributed by atoms with Gasteiger partial charge in [-0.05, 0) is 24.3 Å². The summed E-state index contributed by atoms with van der Waals surface area (Å²) in [6.45, 7) is 0. The molecule has 92 valence electrons. The summed E-state index contributed by atoms with van der Waals surface area (Å²) in [4.78, 5) is 16.0. The third-order valence-electron chi connectivity index (χ3n) is 2.95. The molecule has 0 radical (unpaired) electrons. The van der Waals surface area contributed by atoms with Gasteiger partial charge in [-0.25, -0.2) is 9.38 Å². The summed E-state index contributed by atoms with van der Waals surface area (Å²) in [7, 11) is 0. The number of nitrogens with zero attached hydrogens (tertiary/aromatic N) is 1. The fourth-order valence-corrected chi connectivity index (χ4v) is 2.03. The van der Waals surface area contributed by atoms with Crippen LogP contribution in [0.25, 0.3) is 0 Å². The van der Waals surface area contributed by atoms with Crippen LogP contribution < -0.4 is 0 Å². The monoisotopic (exact) mass is 251 g/mol. The van der Waals surface area contributed by atoms with Gasteiger partial charge in [0.2, 0.25) is 0 Å². The van der Waals surface area contributed by atoms with Gasteiger partial charge in [-0.2, -0.15) is 0 Å². The number of benzene rings is 2. The Morgan fingerprint density at radius 3 is 2.32 bits per heavy atom. The molecule has 0 atom stereocenters. The SMILES string of the molecule is O=C1C=CC(=Nc2ccccc2F)c2ccccc21. The van der Waals surface area contributed by atoms with Crippen LogP contribution in [0, 0.1) is 5.82 Å². The number of ketones is 1. The minimum absolute atomic E-state index is 0.0527. The minimum atomic E-state index is -0.377. The summed E-state index contributed by atoms with van der Waals surface area (Å²) in [5, 5.41) is 0. The zero-order valence-corrected chi connectivity index (χ0v) is 10.0. The smallest absolute Gasteiger partial charge is 0.186 e. The van der Waals surface area contributed by atoms with E-state index in [-0.39, 0.29) is 17.3 Å². The van der Waals surface area contributed by atoms with Crippen molar-refractivity contribution in [1.29, 1.82) is 0 Å². The zero-order chi connectivity index (χ0) is 13.2. The van der Waals surface area contributed by atoms with Crippen LogP contribution >= 0.6 is 0 Å². The lowest BCUT2D eigenvalue weighted by molar-refractivity contribution is 0.104. The number of carbonyl (C=O) groups is 1. The van der Waals surface area contributed by atoms with E-state index < -0.39 is 0 Å². The molecule has 0 saturated heterocycles. The molecule has 2 aromatic carbocycles. The Morgan fingerprint density at radius 2 is 1.53 bits per heavy atom. The predicted octanol–water partition coefficient (Wildman–Crippen LogP) is 3.70. The van der Waals surface area contributed by atoms with Crippen LogP contribution in [-0.2, 0) is 0 Å². The first kappa shape index (κ1) is 11.5. The maximum atomic E-state index is 13.6. The summed E-state index contributed by atoms with van der Waals surface area (Å²) < 4.78 is 13.6. The van der Waals surface area contributed by atoms with Crippen molar-refractivity contribution in [3.8, 4) is 0 Å². The number of para-hydroxylation sites is 1. The second kappa shape index (κ2) is 4.61. The van der Waals surface area contributed by atoms with Crippen molar-refractivity contribution < 1.29 is 9.18 Å². The van der Waals surface area contributed by atoms with E-state index in [1.807, 2.05) is 12.1 Å². The normalized spacial score (nSPS) is 15.6. The van der Waals surface area contributed by atoms with Crippen LogP contribution in [0.15, 0.2) is 65.7 Å². The van der Waals surface area contributed by atoms with Gasteiger partial charge in [0.1, 0.15) is 5.82 Å². The van der Waals surface area contributed by atoms with E-state index in [2.05, 4.69) is 4.99 Å². The molecule has 2 nitrogen and oxygen atoms in total. The van der Waals surface area contributed by atoms with Gasteiger partial charge in [0, 0.05) is 11.1 Å². The van der Waals surface area contributed by atoms with Crippen molar-refractivity contribution in [2.75, 3.05) is 0 Å². The zero-order valence-electron chi connectivity index (χ0n) is 10.0. The fourth-order valence-electron chi connectivity index (χ4n) is 2.03. The summed E-state index contributed by atoms with van der Waals surface area (Å²) in [6, 6.07) is 13.5. The lowest BCUT2D eigenvalue weighted by Crippen LogP contribution is -2.11. The molecular weight excluding hydrogens is 241 g/mol. The van der Waals surface area contributed by atoms with Crippen LogP contribution in [0.5, 0.6) is 0 Å². The molecule has 0 N–H and O–H groups in total. The Kier molecular flexibility index (Phi) is 2.80. The van der Waals surface area contributed by atoms with Crippen molar-refractivity contribution in [3.63, 3.8) is 0 Å².